The van der Waals surface area contributed by atoms with Crippen LogP contribution in [0.5, 0.6) is 0 Å². The molecule has 0 N–H and O–H groups in total. The third kappa shape index (κ3) is 4.33. The average molecular weight is 232 g/mol. The van der Waals surface area contributed by atoms with E-state index in [1.807, 2.05) is 0 Å². The van der Waals surface area contributed by atoms with Gasteiger partial charge in [-0.3, -0.25) is 4.99 Å². The van der Waals surface area contributed by atoms with Crippen molar-refractivity contribution in [1.29, 1.82) is 0 Å². The lowest BCUT2D eigenvalue weighted by Gasteiger charge is -2.05. The van der Waals surface area contributed by atoms with E-state index in [0.29, 0.717) is 6.08 Å². The summed E-state index contributed by atoms with van der Waals surface area (Å²) in [5.74, 6) is 0. The molecule has 0 radical (unpaired) electrons. The number of hydrogen-bond donors (Lipinski definition) is 0. The average Bonchev–Trinajstić information content (AvgIpc) is 2.01. The Morgan fingerprint density at radius 2 is 1.85 bits per heavy atom. The van der Waals surface area contributed by atoms with Crippen LogP contribution in [0.3, 0.4) is 0 Å². The molecule has 0 heterocycles. The van der Waals surface area contributed by atoms with Crippen molar-refractivity contribution in [3.8, 4) is 0 Å². The number of nitrogens with zero attached hydrogens (tertiary/aromatic N) is 1. The zero-order chi connectivity index (χ0) is 10.6. The molecule has 0 atom stereocenters. The quantitative estimate of drug-likeness (QED) is 0.389. The molecule has 6 heteroatoms. The van der Waals surface area contributed by atoms with E-state index in [1.165, 1.54) is 0 Å². The van der Waals surface area contributed by atoms with Gasteiger partial charge in [-0.25, -0.2) is 0 Å². The highest BCUT2D eigenvalue weighted by atomic mass is 35.5. The highest BCUT2D eigenvalue weighted by molar-refractivity contribution is 6.40. The Morgan fingerprint density at radius 3 is 2.15 bits per heavy atom. The van der Waals surface area contributed by atoms with E-state index < -0.39 is 11.7 Å². The summed E-state index contributed by atoms with van der Waals surface area (Å²) in [5, 5.41) is -0.545. The summed E-state index contributed by atoms with van der Waals surface area (Å²) in [7, 11) is 0. The Labute approximate surface area is 83.5 Å². The van der Waals surface area contributed by atoms with E-state index in [9.17, 15) is 13.2 Å². The van der Waals surface area contributed by atoms with Gasteiger partial charge in [0.25, 0.3) is 0 Å². The molecule has 0 unspecified atom stereocenters. The number of alkyl halides is 3. The fourth-order valence-electron chi connectivity index (χ4n) is 0.407. The van der Waals surface area contributed by atoms with Gasteiger partial charge in [-0.1, -0.05) is 23.2 Å². The molecule has 0 amide bonds. The minimum absolute atomic E-state index is 0.259. The molecule has 0 aliphatic rings. The van der Waals surface area contributed by atoms with Gasteiger partial charge in [-0.2, -0.15) is 13.2 Å². The third-order valence-corrected chi connectivity index (χ3v) is 1.83. The van der Waals surface area contributed by atoms with E-state index in [2.05, 4.69) is 11.7 Å². The second kappa shape index (κ2) is 4.67. The number of rotatable bonds is 2. The Morgan fingerprint density at radius 1 is 1.38 bits per heavy atom. The summed E-state index contributed by atoms with van der Waals surface area (Å²) in [6.07, 6.45) is -3.71. The molecule has 0 bridgehead atoms. The van der Waals surface area contributed by atoms with Gasteiger partial charge in [0.2, 0.25) is 0 Å². The molecule has 0 saturated carbocycles. The Hall–Kier alpha value is -0.480. The maximum atomic E-state index is 11.9. The van der Waals surface area contributed by atoms with Crippen molar-refractivity contribution in [1.82, 2.24) is 0 Å². The lowest BCUT2D eigenvalue weighted by Crippen LogP contribution is -2.08. The predicted molar refractivity (Wildman–Crippen MR) is 48.1 cm³/mol. The molecule has 0 aromatic rings. The van der Waals surface area contributed by atoms with Crippen molar-refractivity contribution < 1.29 is 13.2 Å². The smallest absolute Gasteiger partial charge is 0.251 e. The molecule has 0 saturated heterocycles. The molecule has 13 heavy (non-hydrogen) atoms. The summed E-state index contributed by atoms with van der Waals surface area (Å²) in [6.45, 7) is 3.90. The zero-order valence-electron chi connectivity index (χ0n) is 6.62. The molecule has 0 aromatic heterocycles. The van der Waals surface area contributed by atoms with Gasteiger partial charge in [0.05, 0.1) is 5.03 Å². The van der Waals surface area contributed by atoms with Crippen LogP contribution in [-0.2, 0) is 0 Å². The first-order valence-electron chi connectivity index (χ1n) is 3.06. The maximum Gasteiger partial charge on any atom is 0.412 e. The zero-order valence-corrected chi connectivity index (χ0v) is 8.13. The van der Waals surface area contributed by atoms with Gasteiger partial charge in [0.15, 0.2) is 0 Å². The number of allylic oxidation sites excluding steroid dienone is 3. The van der Waals surface area contributed by atoms with Gasteiger partial charge < -0.3 is 0 Å². The normalized spacial score (nSPS) is 15.4. The van der Waals surface area contributed by atoms with Gasteiger partial charge >= 0.3 is 6.18 Å². The Balaban J connectivity index is 4.87. The second-order valence-corrected chi connectivity index (χ2v) is 2.89. The summed E-state index contributed by atoms with van der Waals surface area (Å²) in [5.41, 5.74) is -0.848. The summed E-state index contributed by atoms with van der Waals surface area (Å²) in [6, 6.07) is 0. The minimum atomic E-state index is -4.40. The predicted octanol–water partition coefficient (Wildman–Crippen LogP) is 3.84. The van der Waals surface area contributed by atoms with Crippen LogP contribution >= 0.6 is 23.2 Å². The SMILES string of the molecule is C=N/C(Cl)=C(Cl)\C=C(/C)C(F)(F)F. The monoisotopic (exact) mass is 231 g/mol. The van der Waals surface area contributed by atoms with Crippen molar-refractivity contribution in [3.63, 3.8) is 0 Å². The number of hydrogen-bond acceptors (Lipinski definition) is 1. The van der Waals surface area contributed by atoms with E-state index in [1.54, 1.807) is 0 Å². The van der Waals surface area contributed by atoms with Crippen molar-refractivity contribution >= 4 is 29.9 Å². The van der Waals surface area contributed by atoms with Crippen molar-refractivity contribution in [2.24, 2.45) is 4.99 Å². The molecular formula is C7H6Cl2F3N. The molecule has 0 fully saturated rings. The standard InChI is InChI=1S/C7H6Cl2F3N/c1-4(7(10,11)12)3-5(8)6(9)13-2/h3H,2H2,1H3/b4-3+,6-5+. The van der Waals surface area contributed by atoms with E-state index in [-0.39, 0.29) is 10.2 Å². The second-order valence-electron chi connectivity index (χ2n) is 2.12. The molecule has 0 aliphatic carbocycles. The van der Waals surface area contributed by atoms with Crippen molar-refractivity contribution in [3.05, 3.63) is 21.8 Å². The molecule has 0 rings (SSSR count). The number of halogens is 5. The van der Waals surface area contributed by atoms with Crippen molar-refractivity contribution in [2.75, 3.05) is 0 Å². The van der Waals surface area contributed by atoms with Gasteiger partial charge in [0.1, 0.15) is 5.16 Å². The van der Waals surface area contributed by atoms with Crippen LogP contribution in [-0.4, -0.2) is 12.9 Å². The Kier molecular flexibility index (Phi) is 4.50. The fraction of sp³-hybridized carbons (Fsp3) is 0.286. The fourth-order valence-corrected chi connectivity index (χ4v) is 0.685. The molecule has 0 spiro atoms. The van der Waals surface area contributed by atoms with Gasteiger partial charge in [-0.05, 0) is 19.7 Å². The van der Waals surface area contributed by atoms with Crippen LogP contribution in [0.2, 0.25) is 0 Å². The maximum absolute atomic E-state index is 11.9. The van der Waals surface area contributed by atoms with Crippen molar-refractivity contribution in [2.45, 2.75) is 13.1 Å². The highest BCUT2D eigenvalue weighted by Gasteiger charge is 2.30. The molecule has 0 aromatic carbocycles. The molecule has 1 nitrogen and oxygen atoms in total. The first-order chi connectivity index (χ1) is 5.79. The number of aliphatic imine (C=N–C) groups is 1. The third-order valence-electron chi connectivity index (χ3n) is 1.13. The summed E-state index contributed by atoms with van der Waals surface area (Å²) >= 11 is 10.7. The summed E-state index contributed by atoms with van der Waals surface area (Å²) < 4.78 is 35.8. The van der Waals surface area contributed by atoms with Crippen LogP contribution in [0.15, 0.2) is 26.8 Å². The van der Waals surface area contributed by atoms with E-state index >= 15 is 0 Å². The summed E-state index contributed by atoms with van der Waals surface area (Å²) in [4.78, 5) is 3.17. The Bertz CT molecular complexity index is 265. The molecule has 74 valence electrons. The topological polar surface area (TPSA) is 12.4 Å². The van der Waals surface area contributed by atoms with Crippen LogP contribution < -0.4 is 0 Å². The van der Waals surface area contributed by atoms with Gasteiger partial charge in [0, 0.05) is 5.57 Å². The molecule has 0 aliphatic heterocycles. The largest absolute Gasteiger partial charge is 0.412 e. The van der Waals surface area contributed by atoms with E-state index in [4.69, 9.17) is 23.2 Å². The lowest BCUT2D eigenvalue weighted by molar-refractivity contribution is -0.0913. The first-order valence-corrected chi connectivity index (χ1v) is 3.82. The van der Waals surface area contributed by atoms with Crippen LogP contribution in [0.4, 0.5) is 13.2 Å². The van der Waals surface area contributed by atoms with E-state index in [0.717, 1.165) is 6.92 Å². The first kappa shape index (κ1) is 12.5. The minimum Gasteiger partial charge on any atom is -0.251 e. The van der Waals surface area contributed by atoms with Crippen LogP contribution in [0.25, 0.3) is 0 Å². The highest BCUT2D eigenvalue weighted by Crippen LogP contribution is 2.28. The van der Waals surface area contributed by atoms with Crippen LogP contribution in [0.1, 0.15) is 6.92 Å². The lowest BCUT2D eigenvalue weighted by atomic mass is 10.3. The van der Waals surface area contributed by atoms with Crippen LogP contribution in [0, 0.1) is 0 Å². The van der Waals surface area contributed by atoms with Gasteiger partial charge in [-0.15, -0.1) is 0 Å². The molecular weight excluding hydrogens is 226 g/mol.